The summed E-state index contributed by atoms with van der Waals surface area (Å²) in [5.74, 6) is 1.99. The van der Waals surface area contributed by atoms with Crippen LogP contribution in [0.1, 0.15) is 12.5 Å². The molecule has 3 aromatic carbocycles. The van der Waals surface area contributed by atoms with E-state index < -0.39 is 0 Å². The molecule has 142 valence electrons. The number of benzene rings is 3. The van der Waals surface area contributed by atoms with Crippen molar-refractivity contribution >= 4 is 22.4 Å². The molecule has 0 aromatic heterocycles. The molecule has 0 saturated heterocycles. The van der Waals surface area contributed by atoms with Crippen LogP contribution < -0.4 is 19.9 Å². The van der Waals surface area contributed by atoms with Gasteiger partial charge in [-0.15, -0.1) is 0 Å². The summed E-state index contributed by atoms with van der Waals surface area (Å²) in [5, 5.41) is 2.86. The fourth-order valence-electron chi connectivity index (χ4n) is 2.90. The number of fused-ring (bicyclic) bond motifs is 1. The molecule has 4 nitrogen and oxygen atoms in total. The van der Waals surface area contributed by atoms with Crippen molar-refractivity contribution in [1.82, 2.24) is 0 Å². The van der Waals surface area contributed by atoms with E-state index in [1.165, 1.54) is 5.39 Å². The van der Waals surface area contributed by atoms with E-state index in [0.717, 1.165) is 23.1 Å². The van der Waals surface area contributed by atoms with E-state index in [9.17, 15) is 0 Å². The molecule has 0 bridgehead atoms. The molecular formula is C22H24ClNO3. The smallest absolute Gasteiger partial charge is 0.179 e. The quantitative estimate of drug-likeness (QED) is 0.535. The van der Waals surface area contributed by atoms with Crippen LogP contribution >= 0.6 is 11.6 Å². The van der Waals surface area contributed by atoms with E-state index in [1.807, 2.05) is 49.4 Å². The first-order valence-corrected chi connectivity index (χ1v) is 9.48. The highest BCUT2D eigenvalue weighted by atomic mass is 35.5. The summed E-state index contributed by atoms with van der Waals surface area (Å²) in [7, 11) is 0. The maximum absolute atomic E-state index is 6.38. The van der Waals surface area contributed by atoms with Crippen LogP contribution in [-0.4, -0.2) is 26.4 Å². The SMILES string of the molecule is CCOc1cc(CCN)cc(Cl)c1OCCOc1ccc2ccccc2c1. The summed E-state index contributed by atoms with van der Waals surface area (Å²) in [4.78, 5) is 0. The maximum Gasteiger partial charge on any atom is 0.179 e. The predicted molar refractivity (Wildman–Crippen MR) is 110 cm³/mol. The molecule has 0 aliphatic heterocycles. The van der Waals surface area contributed by atoms with Crippen molar-refractivity contribution in [3.8, 4) is 17.2 Å². The van der Waals surface area contributed by atoms with E-state index in [-0.39, 0.29) is 0 Å². The number of nitrogens with two attached hydrogens (primary N) is 1. The molecule has 0 spiro atoms. The average molecular weight is 386 g/mol. The second-order valence-corrected chi connectivity index (χ2v) is 6.49. The summed E-state index contributed by atoms with van der Waals surface area (Å²) < 4.78 is 17.3. The summed E-state index contributed by atoms with van der Waals surface area (Å²) in [6, 6.07) is 18.0. The fourth-order valence-corrected chi connectivity index (χ4v) is 3.18. The molecule has 0 unspecified atom stereocenters. The van der Waals surface area contributed by atoms with Crippen LogP contribution in [0, 0.1) is 0 Å². The Kier molecular flexibility index (Phi) is 6.80. The van der Waals surface area contributed by atoms with Gasteiger partial charge in [-0.05, 0) is 60.5 Å². The van der Waals surface area contributed by atoms with Crippen LogP contribution in [0.25, 0.3) is 10.8 Å². The predicted octanol–water partition coefficient (Wildman–Crippen LogP) is 4.85. The minimum absolute atomic E-state index is 0.364. The van der Waals surface area contributed by atoms with Crippen molar-refractivity contribution < 1.29 is 14.2 Å². The van der Waals surface area contributed by atoms with Gasteiger partial charge in [0.25, 0.3) is 0 Å². The first-order chi connectivity index (χ1) is 13.2. The summed E-state index contributed by atoms with van der Waals surface area (Å²) in [5.41, 5.74) is 6.66. The van der Waals surface area contributed by atoms with Gasteiger partial charge in [-0.2, -0.15) is 0 Å². The molecule has 27 heavy (non-hydrogen) atoms. The Hall–Kier alpha value is -2.43. The normalized spacial score (nSPS) is 10.8. The molecule has 0 aliphatic carbocycles. The number of ether oxygens (including phenoxy) is 3. The Morgan fingerprint density at radius 2 is 1.67 bits per heavy atom. The number of halogens is 1. The lowest BCUT2D eigenvalue weighted by molar-refractivity contribution is 0.208. The highest BCUT2D eigenvalue weighted by molar-refractivity contribution is 6.32. The molecule has 3 rings (SSSR count). The zero-order chi connectivity index (χ0) is 19.1. The van der Waals surface area contributed by atoms with Crippen LogP contribution in [0.3, 0.4) is 0 Å². The second-order valence-electron chi connectivity index (χ2n) is 6.08. The van der Waals surface area contributed by atoms with Gasteiger partial charge in [0.1, 0.15) is 19.0 Å². The monoisotopic (exact) mass is 385 g/mol. The van der Waals surface area contributed by atoms with E-state index in [4.69, 9.17) is 31.5 Å². The minimum Gasteiger partial charge on any atom is -0.490 e. The number of rotatable bonds is 9. The molecule has 0 radical (unpaired) electrons. The Bertz CT molecular complexity index is 898. The molecule has 0 fully saturated rings. The third-order valence-corrected chi connectivity index (χ3v) is 4.40. The molecule has 2 N–H and O–H groups in total. The van der Waals surface area contributed by atoms with Gasteiger partial charge in [0.15, 0.2) is 11.5 Å². The van der Waals surface area contributed by atoms with Gasteiger partial charge in [-0.25, -0.2) is 0 Å². The van der Waals surface area contributed by atoms with Crippen molar-refractivity contribution in [2.24, 2.45) is 5.73 Å². The molecule has 5 heteroatoms. The Morgan fingerprint density at radius 3 is 2.44 bits per heavy atom. The zero-order valence-electron chi connectivity index (χ0n) is 15.4. The first kappa shape index (κ1) is 19.3. The summed E-state index contributed by atoms with van der Waals surface area (Å²) in [6.45, 7) is 3.79. The number of hydrogen-bond acceptors (Lipinski definition) is 4. The molecule has 0 aliphatic rings. The topological polar surface area (TPSA) is 53.7 Å². The van der Waals surface area contributed by atoms with Crippen LogP contribution in [0.15, 0.2) is 54.6 Å². The van der Waals surface area contributed by atoms with Crippen LogP contribution in [0.2, 0.25) is 5.02 Å². The van der Waals surface area contributed by atoms with Crippen molar-refractivity contribution in [2.75, 3.05) is 26.4 Å². The van der Waals surface area contributed by atoms with E-state index in [2.05, 4.69) is 12.1 Å². The Balaban J connectivity index is 1.62. The van der Waals surface area contributed by atoms with Crippen LogP contribution in [-0.2, 0) is 6.42 Å². The second kappa shape index (κ2) is 9.49. The Morgan fingerprint density at radius 1 is 0.889 bits per heavy atom. The van der Waals surface area contributed by atoms with Crippen LogP contribution in [0.4, 0.5) is 0 Å². The lowest BCUT2D eigenvalue weighted by Gasteiger charge is -2.15. The van der Waals surface area contributed by atoms with Gasteiger partial charge >= 0.3 is 0 Å². The molecule has 0 atom stereocenters. The third-order valence-electron chi connectivity index (χ3n) is 4.12. The van der Waals surface area contributed by atoms with E-state index >= 15 is 0 Å². The standard InChI is InChI=1S/C22H24ClNO3/c1-2-25-21-14-16(9-10-24)13-20(23)22(21)27-12-11-26-19-8-7-17-5-3-4-6-18(17)15-19/h3-8,13-15H,2,9-12,24H2,1H3. The van der Waals surface area contributed by atoms with E-state index in [0.29, 0.717) is 42.9 Å². The zero-order valence-corrected chi connectivity index (χ0v) is 16.2. The maximum atomic E-state index is 6.38. The first-order valence-electron chi connectivity index (χ1n) is 9.11. The summed E-state index contributed by atoms with van der Waals surface area (Å²) in [6.07, 6.45) is 0.741. The lowest BCUT2D eigenvalue weighted by atomic mass is 10.1. The molecule has 3 aromatic rings. The van der Waals surface area contributed by atoms with Gasteiger partial charge in [0, 0.05) is 0 Å². The minimum atomic E-state index is 0.364. The van der Waals surface area contributed by atoms with Crippen molar-refractivity contribution in [1.29, 1.82) is 0 Å². The van der Waals surface area contributed by atoms with Crippen LogP contribution in [0.5, 0.6) is 17.2 Å². The van der Waals surface area contributed by atoms with Gasteiger partial charge in [-0.1, -0.05) is 41.9 Å². The summed E-state index contributed by atoms with van der Waals surface area (Å²) >= 11 is 6.38. The Labute approximate surface area is 164 Å². The number of hydrogen-bond donors (Lipinski definition) is 1. The fraction of sp³-hybridized carbons (Fsp3) is 0.273. The van der Waals surface area contributed by atoms with Crippen molar-refractivity contribution in [3.05, 3.63) is 65.2 Å². The van der Waals surface area contributed by atoms with Gasteiger partial charge in [0.2, 0.25) is 0 Å². The highest BCUT2D eigenvalue weighted by Gasteiger charge is 2.12. The van der Waals surface area contributed by atoms with Gasteiger partial charge in [-0.3, -0.25) is 0 Å². The van der Waals surface area contributed by atoms with Crippen molar-refractivity contribution in [3.63, 3.8) is 0 Å². The third kappa shape index (κ3) is 5.06. The highest BCUT2D eigenvalue weighted by Crippen LogP contribution is 2.36. The van der Waals surface area contributed by atoms with Crippen molar-refractivity contribution in [2.45, 2.75) is 13.3 Å². The van der Waals surface area contributed by atoms with Gasteiger partial charge < -0.3 is 19.9 Å². The average Bonchev–Trinajstić information content (AvgIpc) is 2.67. The van der Waals surface area contributed by atoms with Gasteiger partial charge in [0.05, 0.1) is 11.6 Å². The molecule has 0 heterocycles. The lowest BCUT2D eigenvalue weighted by Crippen LogP contribution is -2.11. The molecular weight excluding hydrogens is 362 g/mol. The van der Waals surface area contributed by atoms with E-state index in [1.54, 1.807) is 0 Å². The molecule has 0 saturated carbocycles. The largest absolute Gasteiger partial charge is 0.490 e. The molecule has 0 amide bonds.